The van der Waals surface area contributed by atoms with Crippen LogP contribution >= 0.6 is 0 Å². The molecule has 0 saturated carbocycles. The second-order valence-corrected chi connectivity index (χ2v) is 4.67. The Hall–Kier alpha value is -1.82. The van der Waals surface area contributed by atoms with Gasteiger partial charge in [-0.05, 0) is 18.1 Å². The van der Waals surface area contributed by atoms with Crippen molar-refractivity contribution in [3.05, 3.63) is 24.2 Å². The van der Waals surface area contributed by atoms with Gasteiger partial charge >= 0.3 is 0 Å². The van der Waals surface area contributed by atoms with Gasteiger partial charge in [0.05, 0.1) is 18.8 Å². The van der Waals surface area contributed by atoms with Gasteiger partial charge in [0.25, 0.3) is 0 Å². The highest BCUT2D eigenvalue weighted by Crippen LogP contribution is 1.99. The highest BCUT2D eigenvalue weighted by atomic mass is 16.3. The van der Waals surface area contributed by atoms with Gasteiger partial charge in [-0.2, -0.15) is 0 Å². The highest BCUT2D eigenvalue weighted by Gasteiger charge is 2.17. The SMILES string of the molecule is CC(C)[C@H](N)C(=O)NCC(=O)NCCc1ccco1. The predicted octanol–water partition coefficient (Wildman–Crippen LogP) is 0.0378. The van der Waals surface area contributed by atoms with Crippen LogP contribution in [0, 0.1) is 5.92 Å². The molecule has 0 aliphatic carbocycles. The summed E-state index contributed by atoms with van der Waals surface area (Å²) in [6.45, 7) is 4.12. The number of carbonyl (C=O) groups excluding carboxylic acids is 2. The van der Waals surface area contributed by atoms with E-state index in [4.69, 9.17) is 10.2 Å². The zero-order chi connectivity index (χ0) is 14.3. The van der Waals surface area contributed by atoms with Gasteiger partial charge in [-0.1, -0.05) is 13.8 Å². The van der Waals surface area contributed by atoms with Gasteiger partial charge in [-0.3, -0.25) is 9.59 Å². The Bertz CT molecular complexity index is 401. The van der Waals surface area contributed by atoms with Gasteiger partial charge in [-0.25, -0.2) is 0 Å². The van der Waals surface area contributed by atoms with Crippen LogP contribution in [0.2, 0.25) is 0 Å². The first-order chi connectivity index (χ1) is 9.00. The zero-order valence-corrected chi connectivity index (χ0v) is 11.3. The largest absolute Gasteiger partial charge is 0.469 e. The van der Waals surface area contributed by atoms with Crippen LogP contribution in [0.5, 0.6) is 0 Å². The molecule has 19 heavy (non-hydrogen) atoms. The monoisotopic (exact) mass is 267 g/mol. The molecule has 0 aliphatic heterocycles. The van der Waals surface area contributed by atoms with Gasteiger partial charge < -0.3 is 20.8 Å². The molecule has 6 heteroatoms. The van der Waals surface area contributed by atoms with Crippen LogP contribution in [0.1, 0.15) is 19.6 Å². The fourth-order valence-electron chi connectivity index (χ4n) is 1.43. The summed E-state index contributed by atoms with van der Waals surface area (Å²) in [4.78, 5) is 23.0. The average molecular weight is 267 g/mol. The lowest BCUT2D eigenvalue weighted by atomic mass is 10.1. The number of amides is 2. The minimum Gasteiger partial charge on any atom is -0.469 e. The zero-order valence-electron chi connectivity index (χ0n) is 11.3. The summed E-state index contributed by atoms with van der Waals surface area (Å²) >= 11 is 0. The summed E-state index contributed by atoms with van der Waals surface area (Å²) in [6.07, 6.45) is 2.21. The van der Waals surface area contributed by atoms with Crippen molar-refractivity contribution in [2.24, 2.45) is 11.7 Å². The minimum absolute atomic E-state index is 0.0435. The number of rotatable bonds is 7. The maximum absolute atomic E-state index is 11.5. The van der Waals surface area contributed by atoms with E-state index in [0.29, 0.717) is 13.0 Å². The Morgan fingerprint density at radius 1 is 1.37 bits per heavy atom. The van der Waals surface area contributed by atoms with Crippen molar-refractivity contribution in [3.8, 4) is 0 Å². The lowest BCUT2D eigenvalue weighted by Gasteiger charge is -2.15. The molecule has 6 nitrogen and oxygen atoms in total. The Morgan fingerprint density at radius 2 is 2.11 bits per heavy atom. The first-order valence-corrected chi connectivity index (χ1v) is 6.33. The maximum Gasteiger partial charge on any atom is 0.239 e. The number of hydrogen-bond acceptors (Lipinski definition) is 4. The molecule has 4 N–H and O–H groups in total. The molecule has 0 aromatic carbocycles. The molecule has 1 aromatic heterocycles. The normalized spacial score (nSPS) is 12.2. The lowest BCUT2D eigenvalue weighted by Crippen LogP contribution is -2.47. The van der Waals surface area contributed by atoms with Gasteiger partial charge in [0.15, 0.2) is 0 Å². The summed E-state index contributed by atoms with van der Waals surface area (Å²) in [5.41, 5.74) is 5.65. The summed E-state index contributed by atoms with van der Waals surface area (Å²) in [5.74, 6) is 0.306. The molecule has 0 bridgehead atoms. The summed E-state index contributed by atoms with van der Waals surface area (Å²) in [5, 5.41) is 5.20. The van der Waals surface area contributed by atoms with E-state index in [9.17, 15) is 9.59 Å². The molecular formula is C13H21N3O3. The van der Waals surface area contributed by atoms with E-state index in [2.05, 4.69) is 10.6 Å². The third-order valence-corrected chi connectivity index (χ3v) is 2.72. The van der Waals surface area contributed by atoms with Crippen LogP contribution in [0.25, 0.3) is 0 Å². The van der Waals surface area contributed by atoms with Crippen LogP contribution in [-0.4, -0.2) is 30.9 Å². The average Bonchev–Trinajstić information content (AvgIpc) is 2.88. The predicted molar refractivity (Wildman–Crippen MR) is 71.2 cm³/mol. The summed E-state index contributed by atoms with van der Waals surface area (Å²) in [6, 6.07) is 3.05. The van der Waals surface area contributed by atoms with Gasteiger partial charge in [0.1, 0.15) is 5.76 Å². The number of nitrogens with two attached hydrogens (primary N) is 1. The number of nitrogens with one attached hydrogen (secondary N) is 2. The van der Waals surface area contributed by atoms with Crippen molar-refractivity contribution in [1.29, 1.82) is 0 Å². The molecule has 0 aliphatic rings. The smallest absolute Gasteiger partial charge is 0.239 e. The maximum atomic E-state index is 11.5. The van der Waals surface area contributed by atoms with E-state index >= 15 is 0 Å². The quantitative estimate of drug-likeness (QED) is 0.649. The van der Waals surface area contributed by atoms with Crippen LogP contribution in [-0.2, 0) is 16.0 Å². The Balaban J connectivity index is 2.16. The van der Waals surface area contributed by atoms with Crippen LogP contribution in [0.3, 0.4) is 0 Å². The molecule has 1 atom stereocenters. The molecule has 0 spiro atoms. The molecule has 106 valence electrons. The van der Waals surface area contributed by atoms with E-state index in [0.717, 1.165) is 5.76 Å². The summed E-state index contributed by atoms with van der Waals surface area (Å²) in [7, 11) is 0. The van der Waals surface area contributed by atoms with Crippen molar-refractivity contribution in [2.45, 2.75) is 26.3 Å². The molecule has 2 amide bonds. The van der Waals surface area contributed by atoms with Crippen molar-refractivity contribution in [1.82, 2.24) is 10.6 Å². The van der Waals surface area contributed by atoms with Gasteiger partial charge in [0.2, 0.25) is 11.8 Å². The number of carbonyl (C=O) groups is 2. The minimum atomic E-state index is -0.587. The van der Waals surface area contributed by atoms with Crippen molar-refractivity contribution in [3.63, 3.8) is 0 Å². The van der Waals surface area contributed by atoms with Crippen LogP contribution in [0.4, 0.5) is 0 Å². The van der Waals surface area contributed by atoms with E-state index < -0.39 is 6.04 Å². The van der Waals surface area contributed by atoms with Crippen molar-refractivity contribution >= 4 is 11.8 Å². The molecule has 1 rings (SSSR count). The Labute approximate surface area is 112 Å². The Kier molecular flexibility index (Phi) is 6.08. The fraction of sp³-hybridized carbons (Fsp3) is 0.538. The first-order valence-electron chi connectivity index (χ1n) is 6.33. The molecule has 1 heterocycles. The van der Waals surface area contributed by atoms with Crippen molar-refractivity contribution < 1.29 is 14.0 Å². The second kappa shape index (κ2) is 7.58. The third kappa shape index (κ3) is 5.56. The molecule has 0 unspecified atom stereocenters. The fourth-order valence-corrected chi connectivity index (χ4v) is 1.43. The summed E-state index contributed by atoms with van der Waals surface area (Å²) < 4.78 is 5.13. The van der Waals surface area contributed by atoms with Crippen LogP contribution in [0.15, 0.2) is 22.8 Å². The van der Waals surface area contributed by atoms with Gasteiger partial charge in [-0.15, -0.1) is 0 Å². The third-order valence-electron chi connectivity index (χ3n) is 2.72. The molecule has 1 aromatic rings. The molecule has 0 radical (unpaired) electrons. The number of furan rings is 1. The molecule has 0 saturated heterocycles. The van der Waals surface area contributed by atoms with E-state index in [-0.39, 0.29) is 24.3 Å². The van der Waals surface area contributed by atoms with Gasteiger partial charge in [0, 0.05) is 13.0 Å². The van der Waals surface area contributed by atoms with E-state index in [1.807, 2.05) is 19.9 Å². The van der Waals surface area contributed by atoms with E-state index in [1.54, 1.807) is 12.3 Å². The highest BCUT2D eigenvalue weighted by molar-refractivity contribution is 5.87. The standard InChI is InChI=1S/C13H21N3O3/c1-9(2)12(14)13(18)16-8-11(17)15-6-5-10-4-3-7-19-10/h3-4,7,9,12H,5-6,8,14H2,1-2H3,(H,15,17)(H,16,18)/t12-/m0/s1. The molecule has 0 fully saturated rings. The Morgan fingerprint density at radius 3 is 2.68 bits per heavy atom. The van der Waals surface area contributed by atoms with Crippen LogP contribution < -0.4 is 16.4 Å². The first kappa shape index (κ1) is 15.2. The van der Waals surface area contributed by atoms with Crippen molar-refractivity contribution in [2.75, 3.05) is 13.1 Å². The second-order valence-electron chi connectivity index (χ2n) is 4.67. The topological polar surface area (TPSA) is 97.4 Å². The van der Waals surface area contributed by atoms with E-state index in [1.165, 1.54) is 0 Å². The number of hydrogen-bond donors (Lipinski definition) is 3. The molecular weight excluding hydrogens is 246 g/mol. The lowest BCUT2D eigenvalue weighted by molar-refractivity contribution is -0.127.